The summed E-state index contributed by atoms with van der Waals surface area (Å²) in [5.41, 5.74) is 8.91. The minimum Gasteiger partial charge on any atom is -0.493 e. The lowest BCUT2D eigenvalue weighted by Gasteiger charge is -2.19. The van der Waals surface area contributed by atoms with Crippen molar-refractivity contribution in [3.8, 4) is 5.75 Å². The molecule has 0 aliphatic carbocycles. The van der Waals surface area contributed by atoms with Crippen LogP contribution >= 0.6 is 23.8 Å². The first-order valence-electron chi connectivity index (χ1n) is 6.09. The molecule has 1 aromatic carbocycles. The molecule has 1 unspecified atom stereocenters. The van der Waals surface area contributed by atoms with Crippen molar-refractivity contribution >= 4 is 28.8 Å². The van der Waals surface area contributed by atoms with E-state index in [1.165, 1.54) is 0 Å². The fourth-order valence-electron chi connectivity index (χ4n) is 1.91. The van der Waals surface area contributed by atoms with Gasteiger partial charge in [-0.3, -0.25) is 0 Å². The summed E-state index contributed by atoms with van der Waals surface area (Å²) in [5.74, 6) is 1.05. The van der Waals surface area contributed by atoms with E-state index in [1.807, 2.05) is 33.8 Å². The predicted molar refractivity (Wildman–Crippen MR) is 81.7 cm³/mol. The molecule has 1 aromatic rings. The Hall–Kier alpha value is -0.800. The van der Waals surface area contributed by atoms with Crippen LogP contribution in [0.5, 0.6) is 5.75 Å². The van der Waals surface area contributed by atoms with Gasteiger partial charge in [0.15, 0.2) is 0 Å². The highest BCUT2D eigenvalue weighted by Crippen LogP contribution is 2.34. The molecule has 0 spiro atoms. The monoisotopic (exact) mass is 285 g/mol. The van der Waals surface area contributed by atoms with Crippen LogP contribution in [-0.4, -0.2) is 11.6 Å². The summed E-state index contributed by atoms with van der Waals surface area (Å²) in [5, 5.41) is 0.765. The molecule has 0 radical (unpaired) electrons. The van der Waals surface area contributed by atoms with Gasteiger partial charge in [0.05, 0.1) is 11.6 Å². The Bertz CT molecular complexity index is 460. The van der Waals surface area contributed by atoms with E-state index >= 15 is 0 Å². The van der Waals surface area contributed by atoms with E-state index in [1.54, 1.807) is 0 Å². The zero-order valence-electron chi connectivity index (χ0n) is 11.3. The van der Waals surface area contributed by atoms with Gasteiger partial charge in [-0.2, -0.15) is 0 Å². The summed E-state index contributed by atoms with van der Waals surface area (Å²) < 4.78 is 5.74. The molecule has 0 amide bonds. The first kappa shape index (κ1) is 15.3. The van der Waals surface area contributed by atoms with E-state index in [0.29, 0.717) is 11.6 Å². The first-order valence-corrected chi connectivity index (χ1v) is 6.87. The normalized spacial score (nSPS) is 12.3. The molecule has 2 nitrogen and oxygen atoms in total. The minimum absolute atomic E-state index is 0.135. The molecule has 0 heterocycles. The van der Waals surface area contributed by atoms with Crippen LogP contribution in [0.3, 0.4) is 0 Å². The highest BCUT2D eigenvalue weighted by Gasteiger charge is 2.17. The third-order valence-electron chi connectivity index (χ3n) is 3.07. The summed E-state index contributed by atoms with van der Waals surface area (Å²) in [6, 6.07) is 1.94. The topological polar surface area (TPSA) is 35.2 Å². The lowest BCUT2D eigenvalue weighted by atomic mass is 9.94. The molecular formula is C14H20ClNOS. The van der Waals surface area contributed by atoms with Crippen molar-refractivity contribution in [2.24, 2.45) is 11.7 Å². The van der Waals surface area contributed by atoms with Crippen LogP contribution in [0.4, 0.5) is 0 Å². The van der Waals surface area contributed by atoms with Gasteiger partial charge in [0.2, 0.25) is 0 Å². The third-order valence-corrected chi connectivity index (χ3v) is 3.87. The number of benzene rings is 1. The van der Waals surface area contributed by atoms with Crippen LogP contribution in [0.2, 0.25) is 5.02 Å². The molecule has 0 aliphatic heterocycles. The van der Waals surface area contributed by atoms with Gasteiger partial charge in [0, 0.05) is 10.9 Å². The summed E-state index contributed by atoms with van der Waals surface area (Å²) in [6.45, 7) is 8.64. The summed E-state index contributed by atoms with van der Waals surface area (Å²) >= 11 is 11.3. The van der Waals surface area contributed by atoms with Gasteiger partial charge in [-0.25, -0.2) is 0 Å². The van der Waals surface area contributed by atoms with Gasteiger partial charge in [0.1, 0.15) is 5.75 Å². The second-order valence-electron chi connectivity index (χ2n) is 4.55. The fraction of sp³-hybridized carbons (Fsp3) is 0.500. The molecule has 1 atom stereocenters. The zero-order valence-corrected chi connectivity index (χ0v) is 12.9. The number of nitrogens with two attached hydrogens (primary N) is 1. The number of hydrogen-bond donors (Lipinski definition) is 1. The number of thiocarbonyl (C=S) groups is 1. The maximum atomic E-state index is 6.23. The second-order valence-corrected chi connectivity index (χ2v) is 5.43. The number of ether oxygens (including phenoxy) is 1. The van der Waals surface area contributed by atoms with Gasteiger partial charge < -0.3 is 10.5 Å². The van der Waals surface area contributed by atoms with Crippen LogP contribution in [-0.2, 0) is 6.42 Å². The fourth-order valence-corrected chi connectivity index (χ4v) is 2.28. The van der Waals surface area contributed by atoms with Crippen molar-refractivity contribution in [1.82, 2.24) is 0 Å². The molecule has 0 bridgehead atoms. The van der Waals surface area contributed by atoms with Gasteiger partial charge in [-0.1, -0.05) is 30.7 Å². The van der Waals surface area contributed by atoms with Crippen molar-refractivity contribution in [2.75, 3.05) is 6.61 Å². The minimum atomic E-state index is 0.135. The van der Waals surface area contributed by atoms with Crippen molar-refractivity contribution in [3.63, 3.8) is 0 Å². The van der Waals surface area contributed by atoms with Crippen LogP contribution < -0.4 is 10.5 Å². The molecule has 0 aromatic heterocycles. The Kier molecular flexibility index (Phi) is 5.42. The van der Waals surface area contributed by atoms with E-state index in [4.69, 9.17) is 34.3 Å². The first-order chi connectivity index (χ1) is 8.38. The lowest BCUT2D eigenvalue weighted by molar-refractivity contribution is 0.333. The molecule has 0 fully saturated rings. The molecule has 2 N–H and O–H groups in total. The molecule has 0 saturated carbocycles. The third kappa shape index (κ3) is 3.36. The Balaban J connectivity index is 3.24. The van der Waals surface area contributed by atoms with Gasteiger partial charge in [-0.15, -0.1) is 0 Å². The Labute approximate surface area is 119 Å². The van der Waals surface area contributed by atoms with Crippen molar-refractivity contribution < 1.29 is 4.74 Å². The molecular weight excluding hydrogens is 266 g/mol. The average Bonchev–Trinajstić information content (AvgIpc) is 2.30. The quantitative estimate of drug-likeness (QED) is 0.836. The van der Waals surface area contributed by atoms with Crippen LogP contribution in [0.25, 0.3) is 0 Å². The van der Waals surface area contributed by atoms with E-state index in [-0.39, 0.29) is 5.92 Å². The highest BCUT2D eigenvalue weighted by atomic mass is 35.5. The zero-order chi connectivity index (χ0) is 13.9. The molecule has 18 heavy (non-hydrogen) atoms. The smallest absolute Gasteiger partial charge is 0.125 e. The standard InChI is InChI=1S/C14H20ClNOS/c1-5-17-13-8(2)7-12(15)10(4)11(13)6-9(3)14(16)18/h7,9H,5-6H2,1-4H3,(H2,16,18). The maximum Gasteiger partial charge on any atom is 0.125 e. The highest BCUT2D eigenvalue weighted by molar-refractivity contribution is 7.80. The van der Waals surface area contributed by atoms with E-state index in [9.17, 15) is 0 Å². The Morgan fingerprint density at radius 1 is 1.50 bits per heavy atom. The van der Waals surface area contributed by atoms with Gasteiger partial charge in [-0.05, 0) is 49.9 Å². The van der Waals surface area contributed by atoms with E-state index in [0.717, 1.165) is 33.9 Å². The van der Waals surface area contributed by atoms with E-state index in [2.05, 4.69) is 0 Å². The molecule has 100 valence electrons. The van der Waals surface area contributed by atoms with Crippen molar-refractivity contribution in [1.29, 1.82) is 0 Å². The lowest BCUT2D eigenvalue weighted by Crippen LogP contribution is -2.21. The SMILES string of the molecule is CCOc1c(C)cc(Cl)c(C)c1CC(C)C(N)=S. The molecule has 4 heteroatoms. The van der Waals surface area contributed by atoms with Crippen LogP contribution in [0.1, 0.15) is 30.5 Å². The second kappa shape index (κ2) is 6.39. The maximum absolute atomic E-state index is 6.23. The Morgan fingerprint density at radius 2 is 2.11 bits per heavy atom. The molecule has 0 saturated heterocycles. The van der Waals surface area contributed by atoms with Crippen LogP contribution in [0.15, 0.2) is 6.07 Å². The number of hydrogen-bond acceptors (Lipinski definition) is 2. The van der Waals surface area contributed by atoms with Crippen LogP contribution in [0, 0.1) is 19.8 Å². The summed E-state index contributed by atoms with van der Waals surface area (Å²) in [7, 11) is 0. The number of aryl methyl sites for hydroxylation is 1. The van der Waals surface area contributed by atoms with Gasteiger partial charge >= 0.3 is 0 Å². The van der Waals surface area contributed by atoms with Gasteiger partial charge in [0.25, 0.3) is 0 Å². The van der Waals surface area contributed by atoms with E-state index < -0.39 is 0 Å². The molecule has 1 rings (SSSR count). The summed E-state index contributed by atoms with van der Waals surface area (Å²) in [4.78, 5) is 0.523. The number of halogens is 1. The van der Waals surface area contributed by atoms with Crippen molar-refractivity contribution in [3.05, 3.63) is 27.8 Å². The average molecular weight is 286 g/mol. The largest absolute Gasteiger partial charge is 0.493 e. The number of rotatable bonds is 5. The van der Waals surface area contributed by atoms with Crippen molar-refractivity contribution in [2.45, 2.75) is 34.1 Å². The Morgan fingerprint density at radius 3 is 2.61 bits per heavy atom. The predicted octanol–water partition coefficient (Wildman–Crippen LogP) is 3.82. The molecule has 0 aliphatic rings. The summed E-state index contributed by atoms with van der Waals surface area (Å²) in [6.07, 6.45) is 0.762.